The molecule has 7 nitrogen and oxygen atoms in total. The Morgan fingerprint density at radius 2 is 1.90 bits per heavy atom. The van der Waals surface area contributed by atoms with Crippen LogP contribution in [0.5, 0.6) is 11.5 Å². The van der Waals surface area contributed by atoms with Gasteiger partial charge >= 0.3 is 0 Å². The Hall–Kier alpha value is -2.49. The molecular formula is C23H33IN4O3. The van der Waals surface area contributed by atoms with E-state index in [-0.39, 0.29) is 30.6 Å². The summed E-state index contributed by atoms with van der Waals surface area (Å²) in [5.41, 5.74) is 8.35. The van der Waals surface area contributed by atoms with Crippen LogP contribution < -0.4 is 25.8 Å². The van der Waals surface area contributed by atoms with Crippen molar-refractivity contribution in [3.05, 3.63) is 59.2 Å². The van der Waals surface area contributed by atoms with E-state index in [1.807, 2.05) is 25.1 Å². The Bertz CT molecular complexity index is 858. The van der Waals surface area contributed by atoms with E-state index >= 15 is 0 Å². The molecule has 2 aromatic carbocycles. The van der Waals surface area contributed by atoms with Gasteiger partial charge in [-0.2, -0.15) is 0 Å². The molecule has 0 fully saturated rings. The standard InChI is InChI=1S/C23H32N4O3.HI/c1-4-11-29-21-12-17(3)9-10-19(21)15-27-23(25-5-2)26-14-18-7-6-8-20(13-18)30-16-22(24)28;/h6-10,12-13H,4-5,11,14-16H2,1-3H3,(H2,24,28)(H2,25,26,27);1H. The van der Waals surface area contributed by atoms with E-state index in [0.717, 1.165) is 29.8 Å². The lowest BCUT2D eigenvalue weighted by molar-refractivity contribution is -0.119. The zero-order valence-electron chi connectivity index (χ0n) is 18.4. The molecule has 170 valence electrons. The minimum Gasteiger partial charge on any atom is -0.493 e. The predicted octanol–water partition coefficient (Wildman–Crippen LogP) is 3.52. The molecular weight excluding hydrogens is 507 g/mol. The maximum absolute atomic E-state index is 10.9. The van der Waals surface area contributed by atoms with Crippen molar-refractivity contribution in [2.24, 2.45) is 10.7 Å². The van der Waals surface area contributed by atoms with Gasteiger partial charge in [-0.15, -0.1) is 24.0 Å². The first-order valence-corrected chi connectivity index (χ1v) is 10.3. The summed E-state index contributed by atoms with van der Waals surface area (Å²) >= 11 is 0. The third-order valence-electron chi connectivity index (χ3n) is 4.17. The normalized spacial score (nSPS) is 10.7. The molecule has 2 aromatic rings. The van der Waals surface area contributed by atoms with Gasteiger partial charge in [0.15, 0.2) is 12.6 Å². The highest BCUT2D eigenvalue weighted by molar-refractivity contribution is 14.0. The van der Waals surface area contributed by atoms with E-state index in [9.17, 15) is 4.79 Å². The molecule has 0 saturated carbocycles. The number of hydrogen-bond donors (Lipinski definition) is 3. The second-order valence-electron chi connectivity index (χ2n) is 6.91. The van der Waals surface area contributed by atoms with Crippen LogP contribution in [0.2, 0.25) is 0 Å². The van der Waals surface area contributed by atoms with Gasteiger partial charge in [-0.25, -0.2) is 4.99 Å². The number of carbonyl (C=O) groups excluding carboxylic acids is 1. The van der Waals surface area contributed by atoms with Crippen LogP contribution in [0.15, 0.2) is 47.5 Å². The molecule has 8 heteroatoms. The van der Waals surface area contributed by atoms with E-state index in [1.54, 1.807) is 6.07 Å². The van der Waals surface area contributed by atoms with Crippen LogP contribution in [-0.2, 0) is 17.9 Å². The van der Waals surface area contributed by atoms with Crippen molar-refractivity contribution in [1.29, 1.82) is 0 Å². The van der Waals surface area contributed by atoms with Crippen molar-refractivity contribution in [1.82, 2.24) is 10.6 Å². The molecule has 0 heterocycles. The number of ether oxygens (including phenoxy) is 2. The van der Waals surface area contributed by atoms with Crippen molar-refractivity contribution >= 4 is 35.8 Å². The zero-order valence-corrected chi connectivity index (χ0v) is 20.8. The molecule has 0 aliphatic carbocycles. The second-order valence-corrected chi connectivity index (χ2v) is 6.91. The van der Waals surface area contributed by atoms with Crippen LogP contribution in [0.3, 0.4) is 0 Å². The molecule has 0 spiro atoms. The van der Waals surface area contributed by atoms with Crippen molar-refractivity contribution in [2.45, 2.75) is 40.3 Å². The van der Waals surface area contributed by atoms with Crippen LogP contribution in [0.1, 0.15) is 37.0 Å². The topological polar surface area (TPSA) is 98.0 Å². The zero-order chi connectivity index (χ0) is 21.8. The average Bonchev–Trinajstić information content (AvgIpc) is 2.74. The third-order valence-corrected chi connectivity index (χ3v) is 4.17. The SMILES string of the molecule is CCCOc1cc(C)ccc1CNC(=NCc1cccc(OCC(N)=O)c1)NCC.I. The number of carbonyl (C=O) groups is 1. The van der Waals surface area contributed by atoms with Crippen LogP contribution in [0.4, 0.5) is 0 Å². The van der Waals surface area contributed by atoms with Gasteiger partial charge in [0.1, 0.15) is 11.5 Å². The van der Waals surface area contributed by atoms with Crippen LogP contribution in [-0.4, -0.2) is 31.6 Å². The minimum absolute atomic E-state index is 0. The van der Waals surface area contributed by atoms with Gasteiger partial charge in [0.25, 0.3) is 5.91 Å². The van der Waals surface area contributed by atoms with Crippen molar-refractivity contribution < 1.29 is 14.3 Å². The van der Waals surface area contributed by atoms with E-state index in [2.05, 4.69) is 47.7 Å². The molecule has 31 heavy (non-hydrogen) atoms. The number of hydrogen-bond acceptors (Lipinski definition) is 4. The number of guanidine groups is 1. The van der Waals surface area contributed by atoms with Gasteiger partial charge in [-0.05, 0) is 49.6 Å². The summed E-state index contributed by atoms with van der Waals surface area (Å²) in [5.74, 6) is 1.70. The maximum atomic E-state index is 10.9. The molecule has 0 aromatic heterocycles. The molecule has 0 unspecified atom stereocenters. The van der Waals surface area contributed by atoms with Gasteiger partial charge in [0, 0.05) is 18.7 Å². The lowest BCUT2D eigenvalue weighted by Gasteiger charge is -2.15. The highest BCUT2D eigenvalue weighted by Gasteiger charge is 2.06. The fourth-order valence-corrected chi connectivity index (χ4v) is 2.73. The van der Waals surface area contributed by atoms with Crippen molar-refractivity contribution in [3.63, 3.8) is 0 Å². The average molecular weight is 540 g/mol. The van der Waals surface area contributed by atoms with Crippen LogP contribution >= 0.6 is 24.0 Å². The Morgan fingerprint density at radius 1 is 1.10 bits per heavy atom. The molecule has 1 amide bonds. The van der Waals surface area contributed by atoms with Gasteiger partial charge in [0.05, 0.1) is 13.2 Å². The molecule has 0 saturated heterocycles. The number of aryl methyl sites for hydroxylation is 1. The summed E-state index contributed by atoms with van der Waals surface area (Å²) in [5, 5.41) is 6.62. The number of aliphatic imine (C=N–C) groups is 1. The number of rotatable bonds is 11. The van der Waals surface area contributed by atoms with E-state index in [4.69, 9.17) is 15.2 Å². The maximum Gasteiger partial charge on any atom is 0.255 e. The fourth-order valence-electron chi connectivity index (χ4n) is 2.73. The Balaban J connectivity index is 0.00000480. The third kappa shape index (κ3) is 9.91. The van der Waals surface area contributed by atoms with E-state index in [1.165, 1.54) is 5.56 Å². The van der Waals surface area contributed by atoms with Crippen molar-refractivity contribution in [2.75, 3.05) is 19.8 Å². The summed E-state index contributed by atoms with van der Waals surface area (Å²) in [6.07, 6.45) is 0.965. The molecule has 0 bridgehead atoms. The smallest absolute Gasteiger partial charge is 0.255 e. The largest absolute Gasteiger partial charge is 0.493 e. The quantitative estimate of drug-likeness (QED) is 0.230. The summed E-state index contributed by atoms with van der Waals surface area (Å²) in [7, 11) is 0. The number of nitrogens with two attached hydrogens (primary N) is 1. The Morgan fingerprint density at radius 3 is 2.61 bits per heavy atom. The Labute approximate surface area is 201 Å². The highest BCUT2D eigenvalue weighted by Crippen LogP contribution is 2.20. The van der Waals surface area contributed by atoms with E-state index < -0.39 is 5.91 Å². The second kappa shape index (κ2) is 14.5. The minimum atomic E-state index is -0.504. The van der Waals surface area contributed by atoms with Gasteiger partial charge in [-0.3, -0.25) is 4.79 Å². The van der Waals surface area contributed by atoms with Crippen LogP contribution in [0.25, 0.3) is 0 Å². The molecule has 0 atom stereocenters. The molecule has 0 aliphatic heterocycles. The number of halogens is 1. The molecule has 0 radical (unpaired) electrons. The first kappa shape index (κ1) is 26.5. The Kier molecular flexibility index (Phi) is 12.4. The van der Waals surface area contributed by atoms with E-state index in [0.29, 0.717) is 31.4 Å². The summed E-state index contributed by atoms with van der Waals surface area (Å²) < 4.78 is 11.2. The molecule has 4 N–H and O–H groups in total. The highest BCUT2D eigenvalue weighted by atomic mass is 127. The van der Waals surface area contributed by atoms with Crippen molar-refractivity contribution in [3.8, 4) is 11.5 Å². The summed E-state index contributed by atoms with van der Waals surface area (Å²) in [4.78, 5) is 15.5. The van der Waals surface area contributed by atoms with Gasteiger partial charge < -0.3 is 25.8 Å². The first-order valence-electron chi connectivity index (χ1n) is 10.3. The van der Waals surface area contributed by atoms with Gasteiger partial charge in [0.2, 0.25) is 0 Å². The lowest BCUT2D eigenvalue weighted by atomic mass is 10.1. The lowest BCUT2D eigenvalue weighted by Crippen LogP contribution is -2.36. The number of nitrogens with zero attached hydrogens (tertiary/aromatic N) is 1. The molecule has 2 rings (SSSR count). The number of nitrogens with one attached hydrogen (secondary N) is 2. The van der Waals surface area contributed by atoms with Gasteiger partial charge in [-0.1, -0.05) is 31.2 Å². The molecule has 0 aliphatic rings. The fraction of sp³-hybridized carbons (Fsp3) is 0.391. The monoisotopic (exact) mass is 540 g/mol. The predicted molar refractivity (Wildman–Crippen MR) is 135 cm³/mol. The van der Waals surface area contributed by atoms with Crippen LogP contribution in [0, 0.1) is 6.92 Å². The number of amides is 1. The summed E-state index contributed by atoms with van der Waals surface area (Å²) in [6, 6.07) is 13.7. The number of benzene rings is 2. The first-order chi connectivity index (χ1) is 14.5. The summed E-state index contributed by atoms with van der Waals surface area (Å²) in [6.45, 7) is 8.55. The number of primary amides is 1.